The SMILES string of the molecule is CC.Cc1ccccc1C.c1ccc(P(c2ccccc2)c2cccc(-n3c4ccccc4c4c5cc(-c6cccc(-c7ccccn7)c6)ccc5n(-c5ccccn5)c43)c2)cc1. The van der Waals surface area contributed by atoms with E-state index in [4.69, 9.17) is 4.98 Å². The molecule has 0 atom stereocenters. The number of pyridine rings is 2. The first-order valence-corrected chi connectivity index (χ1v) is 23.0. The predicted octanol–water partition coefficient (Wildman–Crippen LogP) is 13.9. The average molecular weight is 833 g/mol. The minimum atomic E-state index is -0.782. The van der Waals surface area contributed by atoms with Crippen molar-refractivity contribution >= 4 is 56.7 Å². The monoisotopic (exact) mass is 832 g/mol. The molecule has 4 aromatic heterocycles. The van der Waals surface area contributed by atoms with Gasteiger partial charge in [0.2, 0.25) is 0 Å². The fourth-order valence-electron chi connectivity index (χ4n) is 8.33. The number of hydrogen-bond acceptors (Lipinski definition) is 2. The third-order valence-corrected chi connectivity index (χ3v) is 13.8. The molecule has 7 aromatic carbocycles. The first-order valence-electron chi connectivity index (χ1n) is 21.7. The summed E-state index contributed by atoms with van der Waals surface area (Å²) in [7, 11) is -0.782. The molecule has 0 unspecified atom stereocenters. The molecule has 0 aliphatic carbocycles. The maximum absolute atomic E-state index is 4.92. The van der Waals surface area contributed by atoms with Crippen LogP contribution in [-0.2, 0) is 0 Å². The van der Waals surface area contributed by atoms with Crippen molar-refractivity contribution in [2.24, 2.45) is 0 Å². The smallest absolute Gasteiger partial charge is 0.138 e. The molecule has 0 N–H and O–H groups in total. The van der Waals surface area contributed by atoms with E-state index < -0.39 is 7.92 Å². The lowest BCUT2D eigenvalue weighted by atomic mass is 9.99. The number of rotatable bonds is 7. The summed E-state index contributed by atoms with van der Waals surface area (Å²) >= 11 is 0. The van der Waals surface area contributed by atoms with Gasteiger partial charge < -0.3 is 0 Å². The fourth-order valence-corrected chi connectivity index (χ4v) is 10.7. The van der Waals surface area contributed by atoms with Gasteiger partial charge in [0.05, 0.1) is 16.7 Å². The van der Waals surface area contributed by atoms with Gasteiger partial charge in [0.1, 0.15) is 11.5 Å². The van der Waals surface area contributed by atoms with Gasteiger partial charge in [-0.15, -0.1) is 0 Å². The third kappa shape index (κ3) is 8.22. The number of fused-ring (bicyclic) bond motifs is 5. The summed E-state index contributed by atoms with van der Waals surface area (Å²) in [6, 6.07) is 75.8. The zero-order chi connectivity index (χ0) is 43.1. The van der Waals surface area contributed by atoms with E-state index >= 15 is 0 Å². The molecule has 0 saturated heterocycles. The Labute approximate surface area is 371 Å². The lowest BCUT2D eigenvalue weighted by Crippen LogP contribution is -2.21. The summed E-state index contributed by atoms with van der Waals surface area (Å²) in [6.07, 6.45) is 3.73. The summed E-state index contributed by atoms with van der Waals surface area (Å²) in [6.45, 7) is 8.24. The number of nitrogens with zero attached hydrogens (tertiary/aromatic N) is 4. The van der Waals surface area contributed by atoms with Gasteiger partial charge in [0.15, 0.2) is 0 Å². The first-order chi connectivity index (χ1) is 31.1. The van der Waals surface area contributed by atoms with Crippen molar-refractivity contribution in [1.82, 2.24) is 19.1 Å². The molecule has 0 spiro atoms. The van der Waals surface area contributed by atoms with Crippen LogP contribution in [0.4, 0.5) is 0 Å². The van der Waals surface area contributed by atoms with E-state index in [9.17, 15) is 0 Å². The topological polar surface area (TPSA) is 35.6 Å². The molecule has 11 aromatic rings. The lowest BCUT2D eigenvalue weighted by molar-refractivity contribution is 1.02. The average Bonchev–Trinajstić information content (AvgIpc) is 3.87. The molecular formula is C58H49N4P. The van der Waals surface area contributed by atoms with E-state index in [2.05, 4.69) is 222 Å². The molecule has 0 aliphatic rings. The quantitative estimate of drug-likeness (QED) is 0.150. The van der Waals surface area contributed by atoms with Gasteiger partial charge in [0.25, 0.3) is 0 Å². The Kier molecular flexibility index (Phi) is 12.2. The Morgan fingerprint density at radius 3 is 1.63 bits per heavy atom. The number of para-hydroxylation sites is 1. The second kappa shape index (κ2) is 18.7. The molecule has 0 fully saturated rings. The summed E-state index contributed by atoms with van der Waals surface area (Å²) in [4.78, 5) is 9.54. The zero-order valence-electron chi connectivity index (χ0n) is 36.1. The molecular weight excluding hydrogens is 784 g/mol. The van der Waals surface area contributed by atoms with Crippen molar-refractivity contribution in [3.8, 4) is 33.9 Å². The van der Waals surface area contributed by atoms with Crippen LogP contribution in [0.25, 0.3) is 66.7 Å². The van der Waals surface area contributed by atoms with Gasteiger partial charge >= 0.3 is 0 Å². The van der Waals surface area contributed by atoms with E-state index in [1.165, 1.54) is 43.2 Å². The standard InChI is InChI=1S/C48H33N4P.C8H10.C2H6/c1-3-18-38(19-4-1)53(39-20-5-2-6-21-39)40-22-14-17-37(33-40)51-44-25-8-7-23-41(44)47-42-32-35(34-15-13-16-36(31-34)43-24-9-11-29-49-43)27-28-45(42)52(48(47)51)46-26-10-12-30-50-46;1-7-5-3-4-6-8(7)2;1-2/h1-33H;3-6H,1-2H3;1-2H3. The molecule has 11 rings (SSSR count). The number of hydrogen-bond donors (Lipinski definition) is 0. The van der Waals surface area contributed by atoms with Crippen LogP contribution in [0.5, 0.6) is 0 Å². The highest BCUT2D eigenvalue weighted by molar-refractivity contribution is 7.79. The van der Waals surface area contributed by atoms with Crippen molar-refractivity contribution < 1.29 is 0 Å². The van der Waals surface area contributed by atoms with Crippen molar-refractivity contribution in [3.63, 3.8) is 0 Å². The largest absolute Gasteiger partial charge is 0.295 e. The van der Waals surface area contributed by atoms with Gasteiger partial charge in [-0.05, 0) is 121 Å². The Hall–Kier alpha value is -7.39. The highest BCUT2D eigenvalue weighted by Crippen LogP contribution is 2.42. The van der Waals surface area contributed by atoms with Gasteiger partial charge in [-0.1, -0.05) is 166 Å². The molecule has 5 heteroatoms. The second-order valence-corrected chi connectivity index (χ2v) is 17.4. The summed E-state index contributed by atoms with van der Waals surface area (Å²) in [5.41, 5.74) is 11.6. The number of aromatic nitrogens is 4. The summed E-state index contributed by atoms with van der Waals surface area (Å²) < 4.78 is 4.77. The van der Waals surface area contributed by atoms with Crippen molar-refractivity contribution in [3.05, 3.63) is 236 Å². The lowest BCUT2D eigenvalue weighted by Gasteiger charge is -2.20. The van der Waals surface area contributed by atoms with Crippen LogP contribution in [0.15, 0.2) is 225 Å². The molecule has 0 saturated carbocycles. The molecule has 4 nitrogen and oxygen atoms in total. The van der Waals surface area contributed by atoms with Gasteiger partial charge in [-0.25, -0.2) is 4.98 Å². The van der Waals surface area contributed by atoms with Crippen LogP contribution in [0.2, 0.25) is 0 Å². The molecule has 0 bridgehead atoms. The fraction of sp³-hybridized carbons (Fsp3) is 0.0690. The zero-order valence-corrected chi connectivity index (χ0v) is 37.0. The highest BCUT2D eigenvalue weighted by Gasteiger charge is 2.24. The Balaban J connectivity index is 0.000000452. The number of benzene rings is 7. The van der Waals surface area contributed by atoms with Crippen molar-refractivity contribution in [2.75, 3.05) is 0 Å². The maximum Gasteiger partial charge on any atom is 0.138 e. The molecule has 306 valence electrons. The normalized spacial score (nSPS) is 11.0. The molecule has 63 heavy (non-hydrogen) atoms. The molecule has 0 radical (unpaired) electrons. The minimum absolute atomic E-state index is 0.782. The Bertz CT molecular complexity index is 3200. The van der Waals surface area contributed by atoms with Crippen LogP contribution < -0.4 is 15.9 Å². The van der Waals surface area contributed by atoms with Crippen LogP contribution in [-0.4, -0.2) is 19.1 Å². The maximum atomic E-state index is 4.92. The molecule has 0 aliphatic heterocycles. The Morgan fingerprint density at radius 2 is 0.968 bits per heavy atom. The summed E-state index contributed by atoms with van der Waals surface area (Å²) in [5.74, 6) is 0.883. The first kappa shape index (κ1) is 41.0. The van der Waals surface area contributed by atoms with Crippen molar-refractivity contribution in [2.45, 2.75) is 27.7 Å². The van der Waals surface area contributed by atoms with Crippen molar-refractivity contribution in [1.29, 1.82) is 0 Å². The van der Waals surface area contributed by atoms with Crippen LogP contribution >= 0.6 is 7.92 Å². The van der Waals surface area contributed by atoms with Crippen LogP contribution in [0.1, 0.15) is 25.0 Å². The highest BCUT2D eigenvalue weighted by atomic mass is 31.1. The molecule has 4 heterocycles. The van der Waals surface area contributed by atoms with Gasteiger partial charge in [0, 0.05) is 39.8 Å². The Morgan fingerprint density at radius 1 is 0.397 bits per heavy atom. The predicted molar refractivity (Wildman–Crippen MR) is 270 cm³/mol. The van der Waals surface area contributed by atoms with E-state index in [-0.39, 0.29) is 0 Å². The van der Waals surface area contributed by atoms with Crippen LogP contribution in [0, 0.1) is 13.8 Å². The van der Waals surface area contributed by atoms with Gasteiger partial charge in [-0.3, -0.25) is 14.1 Å². The number of aryl methyl sites for hydroxylation is 2. The van der Waals surface area contributed by atoms with E-state index in [0.29, 0.717) is 0 Å². The molecule has 0 amide bonds. The van der Waals surface area contributed by atoms with E-state index in [0.717, 1.165) is 50.6 Å². The minimum Gasteiger partial charge on any atom is -0.295 e. The summed E-state index contributed by atoms with van der Waals surface area (Å²) in [5, 5.41) is 7.57. The van der Waals surface area contributed by atoms with Gasteiger partial charge in [-0.2, -0.15) is 0 Å². The second-order valence-electron chi connectivity index (χ2n) is 15.2. The van der Waals surface area contributed by atoms with E-state index in [1.54, 1.807) is 0 Å². The van der Waals surface area contributed by atoms with Crippen LogP contribution in [0.3, 0.4) is 0 Å². The van der Waals surface area contributed by atoms with E-state index in [1.807, 2.05) is 44.4 Å². The third-order valence-electron chi connectivity index (χ3n) is 11.4.